The Morgan fingerprint density at radius 3 is 1.92 bits per heavy atom. The molecule has 0 aliphatic heterocycles. The van der Waals surface area contributed by atoms with Gasteiger partial charge in [-0.15, -0.1) is 12.3 Å². The Labute approximate surface area is 154 Å². The third-order valence-corrected chi connectivity index (χ3v) is 4.82. The Balaban J connectivity index is 1.78. The second-order valence-electron chi connectivity index (χ2n) is 6.61. The SMILES string of the molecule is C#CCCCCCCCCCCCCCNCc1ccccc1Cl. The minimum atomic E-state index is 0.862. The third kappa shape index (κ3) is 11.5. The van der Waals surface area contributed by atoms with Crippen molar-refractivity contribution >= 4 is 11.6 Å². The molecule has 134 valence electrons. The second-order valence-corrected chi connectivity index (χ2v) is 7.02. The zero-order valence-corrected chi connectivity index (χ0v) is 15.9. The normalized spacial score (nSPS) is 10.7. The number of benzene rings is 1. The molecule has 0 aromatic heterocycles. The van der Waals surface area contributed by atoms with Gasteiger partial charge in [-0.3, -0.25) is 0 Å². The van der Waals surface area contributed by atoms with Gasteiger partial charge in [0.15, 0.2) is 0 Å². The minimum Gasteiger partial charge on any atom is -0.313 e. The first-order valence-corrected chi connectivity index (χ1v) is 10.1. The first-order chi connectivity index (χ1) is 11.8. The molecule has 1 aromatic rings. The molecule has 24 heavy (non-hydrogen) atoms. The van der Waals surface area contributed by atoms with Crippen molar-refractivity contribution in [3.63, 3.8) is 0 Å². The highest BCUT2D eigenvalue weighted by molar-refractivity contribution is 6.31. The van der Waals surface area contributed by atoms with E-state index in [0.717, 1.165) is 24.5 Å². The van der Waals surface area contributed by atoms with E-state index in [2.05, 4.69) is 17.3 Å². The molecule has 1 N–H and O–H groups in total. The van der Waals surface area contributed by atoms with Gasteiger partial charge in [-0.1, -0.05) is 87.6 Å². The monoisotopic (exact) mass is 347 g/mol. The van der Waals surface area contributed by atoms with E-state index in [1.54, 1.807) is 0 Å². The average molecular weight is 348 g/mol. The van der Waals surface area contributed by atoms with Gasteiger partial charge in [0.05, 0.1) is 0 Å². The Morgan fingerprint density at radius 1 is 0.792 bits per heavy atom. The molecule has 0 atom stereocenters. The van der Waals surface area contributed by atoms with Gasteiger partial charge in [-0.05, 0) is 31.0 Å². The summed E-state index contributed by atoms with van der Waals surface area (Å²) in [5.41, 5.74) is 1.19. The minimum absolute atomic E-state index is 0.862. The summed E-state index contributed by atoms with van der Waals surface area (Å²) >= 11 is 6.14. The molecule has 0 saturated carbocycles. The maximum Gasteiger partial charge on any atom is 0.0450 e. The van der Waals surface area contributed by atoms with E-state index >= 15 is 0 Å². The Morgan fingerprint density at radius 2 is 1.33 bits per heavy atom. The van der Waals surface area contributed by atoms with Gasteiger partial charge in [-0.25, -0.2) is 0 Å². The standard InChI is InChI=1S/C22H34ClN/c1-2-3-4-5-6-7-8-9-10-11-12-13-16-19-24-20-21-17-14-15-18-22(21)23/h1,14-15,17-18,24H,3-13,16,19-20H2. The first-order valence-electron chi connectivity index (χ1n) is 9.72. The van der Waals surface area contributed by atoms with Crippen LogP contribution in [0.3, 0.4) is 0 Å². The highest BCUT2D eigenvalue weighted by Gasteiger charge is 1.98. The zero-order valence-electron chi connectivity index (χ0n) is 15.2. The van der Waals surface area contributed by atoms with Crippen LogP contribution < -0.4 is 5.32 Å². The molecule has 0 aliphatic carbocycles. The van der Waals surface area contributed by atoms with Crippen LogP contribution in [-0.4, -0.2) is 6.54 Å². The van der Waals surface area contributed by atoms with Crippen molar-refractivity contribution < 1.29 is 0 Å². The molecule has 0 unspecified atom stereocenters. The summed E-state index contributed by atoms with van der Waals surface area (Å²) in [7, 11) is 0. The van der Waals surface area contributed by atoms with E-state index in [0.29, 0.717) is 0 Å². The van der Waals surface area contributed by atoms with Crippen LogP contribution in [0.25, 0.3) is 0 Å². The number of halogens is 1. The van der Waals surface area contributed by atoms with Crippen LogP contribution >= 0.6 is 11.6 Å². The van der Waals surface area contributed by atoms with Crippen LogP contribution in [0.1, 0.15) is 82.6 Å². The second kappa shape index (κ2) is 15.6. The predicted molar refractivity (Wildman–Crippen MR) is 107 cm³/mol. The Bertz CT molecular complexity index is 450. The molecule has 0 heterocycles. The third-order valence-electron chi connectivity index (χ3n) is 4.45. The number of unbranched alkanes of at least 4 members (excludes halogenated alkanes) is 11. The lowest BCUT2D eigenvalue weighted by molar-refractivity contribution is 0.537. The molecule has 0 amide bonds. The highest BCUT2D eigenvalue weighted by atomic mass is 35.5. The number of terminal acetylenes is 1. The van der Waals surface area contributed by atoms with Crippen molar-refractivity contribution in [2.24, 2.45) is 0 Å². The summed E-state index contributed by atoms with van der Waals surface area (Å²) in [5, 5.41) is 4.35. The molecule has 2 heteroatoms. The summed E-state index contributed by atoms with van der Waals surface area (Å²) in [6.45, 7) is 1.96. The lowest BCUT2D eigenvalue weighted by Crippen LogP contribution is -2.14. The van der Waals surface area contributed by atoms with Gasteiger partial charge in [0.25, 0.3) is 0 Å². The molecular formula is C22H34ClN. The predicted octanol–water partition coefficient (Wildman–Crippen LogP) is 6.74. The van der Waals surface area contributed by atoms with Gasteiger partial charge in [0, 0.05) is 18.0 Å². The van der Waals surface area contributed by atoms with Gasteiger partial charge < -0.3 is 5.32 Å². The van der Waals surface area contributed by atoms with Crippen LogP contribution in [0.5, 0.6) is 0 Å². The van der Waals surface area contributed by atoms with Crippen molar-refractivity contribution in [1.29, 1.82) is 0 Å². The van der Waals surface area contributed by atoms with Crippen LogP contribution in [0.2, 0.25) is 5.02 Å². The van der Waals surface area contributed by atoms with Crippen molar-refractivity contribution in [1.82, 2.24) is 5.32 Å². The number of hydrogen-bond donors (Lipinski definition) is 1. The van der Waals surface area contributed by atoms with E-state index in [4.69, 9.17) is 18.0 Å². The first kappa shape index (κ1) is 21.1. The molecule has 1 rings (SSSR count). The summed E-state index contributed by atoms with van der Waals surface area (Å²) in [5.74, 6) is 2.71. The number of hydrogen-bond acceptors (Lipinski definition) is 1. The molecule has 0 saturated heterocycles. The topological polar surface area (TPSA) is 12.0 Å². The van der Waals surface area contributed by atoms with Crippen molar-refractivity contribution in [3.8, 4) is 12.3 Å². The zero-order chi connectivity index (χ0) is 17.3. The molecular weight excluding hydrogens is 314 g/mol. The molecule has 0 spiro atoms. The lowest BCUT2D eigenvalue weighted by atomic mass is 10.1. The largest absolute Gasteiger partial charge is 0.313 e. The van der Waals surface area contributed by atoms with Crippen molar-refractivity contribution in [3.05, 3.63) is 34.9 Å². The van der Waals surface area contributed by atoms with Gasteiger partial charge >= 0.3 is 0 Å². The van der Waals surface area contributed by atoms with E-state index in [1.807, 2.05) is 18.2 Å². The maximum atomic E-state index is 6.14. The van der Waals surface area contributed by atoms with Crippen molar-refractivity contribution in [2.75, 3.05) is 6.54 Å². The highest BCUT2D eigenvalue weighted by Crippen LogP contribution is 2.14. The Hall–Kier alpha value is -0.970. The summed E-state index contributed by atoms with van der Waals surface area (Å²) in [6, 6.07) is 8.06. The van der Waals surface area contributed by atoms with Gasteiger partial charge in [-0.2, -0.15) is 0 Å². The summed E-state index contributed by atoms with van der Waals surface area (Å²) in [6.07, 6.45) is 21.0. The van der Waals surface area contributed by atoms with E-state index in [-0.39, 0.29) is 0 Å². The van der Waals surface area contributed by atoms with Crippen LogP contribution in [0.4, 0.5) is 0 Å². The average Bonchev–Trinajstić information content (AvgIpc) is 2.60. The maximum absolute atomic E-state index is 6.14. The van der Waals surface area contributed by atoms with Gasteiger partial charge in [0.2, 0.25) is 0 Å². The quantitative estimate of drug-likeness (QED) is 0.273. The molecule has 1 nitrogen and oxygen atoms in total. The molecule has 0 fully saturated rings. The van der Waals surface area contributed by atoms with E-state index in [1.165, 1.54) is 76.2 Å². The fourth-order valence-corrected chi connectivity index (χ4v) is 3.14. The van der Waals surface area contributed by atoms with Crippen molar-refractivity contribution in [2.45, 2.75) is 83.6 Å². The fraction of sp³-hybridized carbons (Fsp3) is 0.636. The summed E-state index contributed by atoms with van der Waals surface area (Å²) < 4.78 is 0. The molecule has 0 bridgehead atoms. The molecule has 0 radical (unpaired) electrons. The van der Waals surface area contributed by atoms with E-state index < -0.39 is 0 Å². The number of nitrogens with one attached hydrogen (secondary N) is 1. The van der Waals surface area contributed by atoms with Crippen LogP contribution in [0.15, 0.2) is 24.3 Å². The summed E-state index contributed by atoms with van der Waals surface area (Å²) in [4.78, 5) is 0. The van der Waals surface area contributed by atoms with E-state index in [9.17, 15) is 0 Å². The fourth-order valence-electron chi connectivity index (χ4n) is 2.93. The Kier molecular flexibility index (Phi) is 13.7. The number of rotatable bonds is 15. The molecule has 0 aliphatic rings. The smallest absolute Gasteiger partial charge is 0.0450 e. The van der Waals surface area contributed by atoms with Gasteiger partial charge in [0.1, 0.15) is 0 Å². The van der Waals surface area contributed by atoms with Crippen LogP contribution in [-0.2, 0) is 6.54 Å². The molecule has 1 aromatic carbocycles. The van der Waals surface area contributed by atoms with Crippen LogP contribution in [0, 0.1) is 12.3 Å². The lowest BCUT2D eigenvalue weighted by Gasteiger charge is -2.06.